The highest BCUT2D eigenvalue weighted by Gasteiger charge is 2.39. The average molecular weight is 319 g/mol. The summed E-state index contributed by atoms with van der Waals surface area (Å²) >= 11 is 0. The molecule has 20 heavy (non-hydrogen) atoms. The van der Waals surface area contributed by atoms with E-state index in [0.29, 0.717) is 19.4 Å². The van der Waals surface area contributed by atoms with E-state index in [1.54, 1.807) is 0 Å². The molecule has 1 heterocycles. The number of piperidine rings is 1. The number of halogens is 4. The van der Waals surface area contributed by atoms with Gasteiger partial charge < -0.3 is 15.4 Å². The van der Waals surface area contributed by atoms with Gasteiger partial charge in [-0.3, -0.25) is 4.79 Å². The Morgan fingerprint density at radius 1 is 1.35 bits per heavy atom. The maximum absolute atomic E-state index is 12.1. The highest BCUT2D eigenvalue weighted by atomic mass is 35.5. The Kier molecular flexibility index (Phi) is 8.46. The van der Waals surface area contributed by atoms with Crippen molar-refractivity contribution in [3.63, 3.8) is 0 Å². The molecule has 1 aliphatic heterocycles. The van der Waals surface area contributed by atoms with Gasteiger partial charge in [-0.25, -0.2) is 0 Å². The minimum atomic E-state index is -4.16. The van der Waals surface area contributed by atoms with Crippen LogP contribution in [-0.2, 0) is 9.53 Å². The van der Waals surface area contributed by atoms with Crippen molar-refractivity contribution in [1.29, 1.82) is 0 Å². The Hall–Kier alpha value is -0.530. The van der Waals surface area contributed by atoms with Crippen LogP contribution in [0.2, 0.25) is 0 Å². The molecule has 0 aromatic carbocycles. The van der Waals surface area contributed by atoms with Crippen molar-refractivity contribution in [3.8, 4) is 0 Å². The summed E-state index contributed by atoms with van der Waals surface area (Å²) in [5, 5.41) is 5.76. The number of hydrogen-bond acceptors (Lipinski definition) is 3. The van der Waals surface area contributed by atoms with Gasteiger partial charge in [-0.1, -0.05) is 0 Å². The van der Waals surface area contributed by atoms with Gasteiger partial charge in [-0.2, -0.15) is 13.2 Å². The standard InChI is InChI=1S/C12H21F3N2O2.ClH/c1-19-9-11(4-7-16-8-5-11)10(18)17-6-2-3-12(13,14)15;/h16H,2-9H2,1H3,(H,17,18);1H. The third-order valence-corrected chi connectivity index (χ3v) is 3.39. The topological polar surface area (TPSA) is 50.4 Å². The SMILES string of the molecule is COCC1(C(=O)NCCCC(F)(F)F)CCNCC1.Cl. The summed E-state index contributed by atoms with van der Waals surface area (Å²) in [6.07, 6.45) is -3.83. The largest absolute Gasteiger partial charge is 0.389 e. The fourth-order valence-electron chi connectivity index (χ4n) is 2.30. The number of carbonyl (C=O) groups excluding carboxylic acids is 1. The van der Waals surface area contributed by atoms with Crippen LogP contribution in [0.1, 0.15) is 25.7 Å². The van der Waals surface area contributed by atoms with E-state index in [0.717, 1.165) is 13.1 Å². The number of alkyl halides is 3. The second-order valence-electron chi connectivity index (χ2n) is 4.94. The van der Waals surface area contributed by atoms with Crippen LogP contribution in [0.15, 0.2) is 0 Å². The molecule has 4 nitrogen and oxygen atoms in total. The van der Waals surface area contributed by atoms with Crippen LogP contribution in [0.5, 0.6) is 0 Å². The summed E-state index contributed by atoms with van der Waals surface area (Å²) in [6, 6.07) is 0. The third-order valence-electron chi connectivity index (χ3n) is 3.39. The molecule has 0 aliphatic carbocycles. The second-order valence-corrected chi connectivity index (χ2v) is 4.94. The maximum atomic E-state index is 12.1. The fraction of sp³-hybridized carbons (Fsp3) is 0.917. The van der Waals surface area contributed by atoms with E-state index in [1.807, 2.05) is 0 Å². The van der Waals surface area contributed by atoms with Crippen LogP contribution < -0.4 is 10.6 Å². The van der Waals surface area contributed by atoms with Gasteiger partial charge in [-0.15, -0.1) is 12.4 Å². The predicted octanol–water partition coefficient (Wildman–Crippen LogP) is 1.88. The van der Waals surface area contributed by atoms with E-state index in [1.165, 1.54) is 7.11 Å². The first-order chi connectivity index (χ1) is 8.90. The number of hydrogen-bond donors (Lipinski definition) is 2. The first kappa shape index (κ1) is 19.5. The van der Waals surface area contributed by atoms with Gasteiger partial charge in [0.2, 0.25) is 5.91 Å². The first-order valence-corrected chi connectivity index (χ1v) is 6.44. The number of carbonyl (C=O) groups is 1. The molecule has 1 rings (SSSR count). The monoisotopic (exact) mass is 318 g/mol. The van der Waals surface area contributed by atoms with Crippen molar-refractivity contribution < 1.29 is 22.7 Å². The van der Waals surface area contributed by atoms with Crippen LogP contribution in [-0.4, -0.2) is 45.4 Å². The molecular weight excluding hydrogens is 297 g/mol. The number of amides is 1. The van der Waals surface area contributed by atoms with Gasteiger partial charge >= 0.3 is 6.18 Å². The summed E-state index contributed by atoms with van der Waals surface area (Å²) < 4.78 is 41.1. The van der Waals surface area contributed by atoms with Gasteiger partial charge in [0.15, 0.2) is 0 Å². The van der Waals surface area contributed by atoms with Gasteiger partial charge in [0, 0.05) is 20.1 Å². The predicted molar refractivity (Wildman–Crippen MR) is 72.0 cm³/mol. The molecule has 1 fully saturated rings. The zero-order valence-corrected chi connectivity index (χ0v) is 12.3. The fourth-order valence-corrected chi connectivity index (χ4v) is 2.30. The van der Waals surface area contributed by atoms with Crippen molar-refractivity contribution in [1.82, 2.24) is 10.6 Å². The lowest BCUT2D eigenvalue weighted by molar-refractivity contribution is -0.140. The van der Waals surface area contributed by atoms with Crippen LogP contribution >= 0.6 is 12.4 Å². The van der Waals surface area contributed by atoms with Crippen molar-refractivity contribution in [2.24, 2.45) is 5.41 Å². The number of ether oxygens (including phenoxy) is 1. The summed E-state index contributed by atoms with van der Waals surface area (Å²) in [6.45, 7) is 1.80. The molecule has 0 atom stereocenters. The van der Waals surface area contributed by atoms with Gasteiger partial charge in [-0.05, 0) is 32.4 Å². The summed E-state index contributed by atoms with van der Waals surface area (Å²) in [5.74, 6) is -0.196. The van der Waals surface area contributed by atoms with Gasteiger partial charge in [0.25, 0.3) is 0 Å². The molecule has 1 amide bonds. The molecule has 1 saturated heterocycles. The van der Waals surface area contributed by atoms with Crippen LogP contribution in [0, 0.1) is 5.41 Å². The van der Waals surface area contributed by atoms with E-state index in [2.05, 4.69) is 10.6 Å². The van der Waals surface area contributed by atoms with E-state index in [9.17, 15) is 18.0 Å². The number of rotatable bonds is 6. The molecule has 0 aromatic heterocycles. The smallest absolute Gasteiger partial charge is 0.384 e. The quantitative estimate of drug-likeness (QED) is 0.735. The highest BCUT2D eigenvalue weighted by molar-refractivity contribution is 5.85. The zero-order valence-electron chi connectivity index (χ0n) is 11.5. The van der Waals surface area contributed by atoms with Crippen molar-refractivity contribution in [3.05, 3.63) is 0 Å². The highest BCUT2D eigenvalue weighted by Crippen LogP contribution is 2.29. The van der Waals surface area contributed by atoms with E-state index in [4.69, 9.17) is 4.74 Å². The minimum absolute atomic E-state index is 0. The Morgan fingerprint density at radius 2 is 1.95 bits per heavy atom. The first-order valence-electron chi connectivity index (χ1n) is 6.44. The Balaban J connectivity index is 0.00000361. The molecule has 120 valence electrons. The molecule has 1 aliphatic rings. The van der Waals surface area contributed by atoms with Crippen molar-refractivity contribution >= 4 is 18.3 Å². The Labute approximate surface area is 123 Å². The van der Waals surface area contributed by atoms with Crippen LogP contribution in [0.3, 0.4) is 0 Å². The zero-order chi connectivity index (χ0) is 14.4. The lowest BCUT2D eigenvalue weighted by Crippen LogP contribution is -2.50. The molecule has 2 N–H and O–H groups in total. The van der Waals surface area contributed by atoms with Crippen LogP contribution in [0.25, 0.3) is 0 Å². The molecule has 0 radical (unpaired) electrons. The maximum Gasteiger partial charge on any atom is 0.389 e. The van der Waals surface area contributed by atoms with Crippen molar-refractivity contribution in [2.75, 3.05) is 33.4 Å². The van der Waals surface area contributed by atoms with Crippen molar-refractivity contribution in [2.45, 2.75) is 31.9 Å². The van der Waals surface area contributed by atoms with E-state index < -0.39 is 18.0 Å². The lowest BCUT2D eigenvalue weighted by atomic mass is 9.78. The molecule has 0 spiro atoms. The van der Waals surface area contributed by atoms with Crippen LogP contribution in [0.4, 0.5) is 13.2 Å². The number of methoxy groups -OCH3 is 1. The minimum Gasteiger partial charge on any atom is -0.384 e. The second kappa shape index (κ2) is 8.69. The Morgan fingerprint density at radius 3 is 2.45 bits per heavy atom. The molecular formula is C12H22ClF3N2O2. The molecule has 0 unspecified atom stereocenters. The van der Waals surface area contributed by atoms with Gasteiger partial charge in [0.05, 0.1) is 12.0 Å². The van der Waals surface area contributed by atoms with E-state index >= 15 is 0 Å². The molecule has 0 aromatic rings. The van der Waals surface area contributed by atoms with E-state index in [-0.39, 0.29) is 31.3 Å². The third kappa shape index (κ3) is 6.28. The molecule has 0 saturated carbocycles. The molecule has 8 heteroatoms. The summed E-state index contributed by atoms with van der Waals surface area (Å²) in [5.41, 5.74) is -0.599. The summed E-state index contributed by atoms with van der Waals surface area (Å²) in [4.78, 5) is 12.1. The number of nitrogens with one attached hydrogen (secondary N) is 2. The normalized spacial score (nSPS) is 18.2. The molecule has 0 bridgehead atoms. The Bertz CT molecular complexity index is 289. The lowest BCUT2D eigenvalue weighted by Gasteiger charge is -2.35. The summed E-state index contributed by atoms with van der Waals surface area (Å²) in [7, 11) is 1.53. The average Bonchev–Trinajstić information content (AvgIpc) is 2.34. The van der Waals surface area contributed by atoms with Gasteiger partial charge in [0.1, 0.15) is 0 Å².